The molecular weight excluding hydrogens is 184 g/mol. The van der Waals surface area contributed by atoms with Crippen LogP contribution < -0.4 is 0 Å². The van der Waals surface area contributed by atoms with Crippen molar-refractivity contribution < 1.29 is 4.42 Å². The first-order chi connectivity index (χ1) is 7.34. The summed E-state index contributed by atoms with van der Waals surface area (Å²) >= 11 is 0. The zero-order valence-corrected chi connectivity index (χ0v) is 9.02. The molecule has 1 heterocycles. The number of benzene rings is 1. The topological polar surface area (TPSA) is 13.1 Å². The van der Waals surface area contributed by atoms with Crippen LogP contribution in [0.5, 0.6) is 0 Å². The number of hydrogen-bond donors (Lipinski definition) is 0. The lowest BCUT2D eigenvalue weighted by Gasteiger charge is -2.09. The summed E-state index contributed by atoms with van der Waals surface area (Å²) in [7, 11) is 0. The van der Waals surface area contributed by atoms with Gasteiger partial charge in [-0.1, -0.05) is 37.3 Å². The number of rotatable bonds is 4. The van der Waals surface area contributed by atoms with Crippen LogP contribution in [0, 0.1) is 5.92 Å². The quantitative estimate of drug-likeness (QED) is 0.733. The smallest absolute Gasteiger partial charge is 0.104 e. The number of furan rings is 1. The highest BCUT2D eigenvalue weighted by molar-refractivity contribution is 5.15. The van der Waals surface area contributed by atoms with Gasteiger partial charge < -0.3 is 4.42 Å². The lowest BCUT2D eigenvalue weighted by Crippen LogP contribution is -2.02. The molecule has 2 aromatic rings. The summed E-state index contributed by atoms with van der Waals surface area (Å²) < 4.78 is 5.34. The first kappa shape index (κ1) is 10.0. The van der Waals surface area contributed by atoms with Crippen molar-refractivity contribution >= 4 is 0 Å². The normalized spacial score (nSPS) is 12.6. The van der Waals surface area contributed by atoms with Gasteiger partial charge in [0.15, 0.2) is 0 Å². The SMILES string of the molecule is CC(Cc1ccccc1)Cc1ccco1. The Kier molecular flexibility index (Phi) is 3.23. The molecule has 1 unspecified atom stereocenters. The average Bonchev–Trinajstić information content (AvgIpc) is 2.71. The third-order valence-corrected chi connectivity index (χ3v) is 2.56. The molecular formula is C14H16O. The van der Waals surface area contributed by atoms with Crippen molar-refractivity contribution in [1.29, 1.82) is 0 Å². The Labute approximate surface area is 90.7 Å². The predicted molar refractivity (Wildman–Crippen MR) is 61.7 cm³/mol. The Balaban J connectivity index is 1.90. The molecule has 1 aromatic heterocycles. The maximum absolute atomic E-state index is 5.34. The molecule has 0 aliphatic carbocycles. The van der Waals surface area contributed by atoms with E-state index in [2.05, 4.69) is 37.3 Å². The Morgan fingerprint density at radius 3 is 2.47 bits per heavy atom. The summed E-state index contributed by atoms with van der Waals surface area (Å²) in [6.45, 7) is 2.26. The van der Waals surface area contributed by atoms with Crippen molar-refractivity contribution in [3.8, 4) is 0 Å². The van der Waals surface area contributed by atoms with E-state index in [1.54, 1.807) is 6.26 Å². The molecule has 0 bridgehead atoms. The minimum absolute atomic E-state index is 0.624. The summed E-state index contributed by atoms with van der Waals surface area (Å²) in [5.74, 6) is 1.71. The molecule has 0 spiro atoms. The zero-order chi connectivity index (χ0) is 10.5. The van der Waals surface area contributed by atoms with Gasteiger partial charge >= 0.3 is 0 Å². The maximum atomic E-state index is 5.34. The molecule has 0 radical (unpaired) electrons. The van der Waals surface area contributed by atoms with E-state index in [4.69, 9.17) is 4.42 Å². The fourth-order valence-electron chi connectivity index (χ4n) is 1.86. The lowest BCUT2D eigenvalue weighted by molar-refractivity contribution is 0.455. The molecule has 2 rings (SSSR count). The molecule has 0 saturated heterocycles. The molecule has 1 heteroatoms. The van der Waals surface area contributed by atoms with E-state index in [1.807, 2.05) is 12.1 Å². The molecule has 15 heavy (non-hydrogen) atoms. The molecule has 0 aliphatic heterocycles. The Morgan fingerprint density at radius 2 is 1.80 bits per heavy atom. The molecule has 0 N–H and O–H groups in total. The fraction of sp³-hybridized carbons (Fsp3) is 0.286. The molecule has 0 amide bonds. The summed E-state index contributed by atoms with van der Waals surface area (Å²) in [5, 5.41) is 0. The molecule has 78 valence electrons. The van der Waals surface area contributed by atoms with Gasteiger partial charge in [-0.3, -0.25) is 0 Å². The minimum atomic E-state index is 0.624. The average molecular weight is 200 g/mol. The van der Waals surface area contributed by atoms with Crippen molar-refractivity contribution in [1.82, 2.24) is 0 Å². The van der Waals surface area contributed by atoms with Gasteiger partial charge in [-0.15, -0.1) is 0 Å². The van der Waals surface area contributed by atoms with Crippen molar-refractivity contribution in [2.45, 2.75) is 19.8 Å². The third-order valence-electron chi connectivity index (χ3n) is 2.56. The Morgan fingerprint density at radius 1 is 1.00 bits per heavy atom. The first-order valence-electron chi connectivity index (χ1n) is 5.41. The fourth-order valence-corrected chi connectivity index (χ4v) is 1.86. The molecule has 0 saturated carbocycles. The van der Waals surface area contributed by atoms with E-state index >= 15 is 0 Å². The highest BCUT2D eigenvalue weighted by Crippen LogP contribution is 2.14. The van der Waals surface area contributed by atoms with Crippen LogP contribution in [-0.4, -0.2) is 0 Å². The molecule has 1 aromatic carbocycles. The van der Waals surface area contributed by atoms with Crippen molar-refractivity contribution in [2.24, 2.45) is 5.92 Å². The van der Waals surface area contributed by atoms with Gasteiger partial charge in [0.1, 0.15) is 5.76 Å². The van der Waals surface area contributed by atoms with Crippen molar-refractivity contribution in [2.75, 3.05) is 0 Å². The summed E-state index contributed by atoms with van der Waals surface area (Å²) in [6, 6.07) is 14.6. The van der Waals surface area contributed by atoms with Gasteiger partial charge in [0.05, 0.1) is 6.26 Å². The van der Waals surface area contributed by atoms with Crippen molar-refractivity contribution in [3.63, 3.8) is 0 Å². The second-order valence-corrected chi connectivity index (χ2v) is 4.08. The van der Waals surface area contributed by atoms with Gasteiger partial charge in [-0.2, -0.15) is 0 Å². The van der Waals surface area contributed by atoms with Gasteiger partial charge in [0.25, 0.3) is 0 Å². The third kappa shape index (κ3) is 2.98. The van der Waals surface area contributed by atoms with E-state index in [-0.39, 0.29) is 0 Å². The highest BCUT2D eigenvalue weighted by atomic mass is 16.3. The zero-order valence-electron chi connectivity index (χ0n) is 9.02. The standard InChI is InChI=1S/C14H16O/c1-12(11-14-8-5-9-15-14)10-13-6-3-2-4-7-13/h2-9,12H,10-11H2,1H3. The van der Waals surface area contributed by atoms with E-state index in [1.165, 1.54) is 5.56 Å². The summed E-state index contributed by atoms with van der Waals surface area (Å²) in [6.07, 6.45) is 3.87. The summed E-state index contributed by atoms with van der Waals surface area (Å²) in [5.41, 5.74) is 1.40. The minimum Gasteiger partial charge on any atom is -0.469 e. The summed E-state index contributed by atoms with van der Waals surface area (Å²) in [4.78, 5) is 0. The van der Waals surface area contributed by atoms with Gasteiger partial charge in [0.2, 0.25) is 0 Å². The van der Waals surface area contributed by atoms with Gasteiger partial charge in [0, 0.05) is 6.42 Å². The van der Waals surface area contributed by atoms with Crippen LogP contribution in [0.4, 0.5) is 0 Å². The van der Waals surface area contributed by atoms with Crippen molar-refractivity contribution in [3.05, 3.63) is 60.1 Å². The van der Waals surface area contributed by atoms with Crippen LogP contribution >= 0.6 is 0 Å². The first-order valence-corrected chi connectivity index (χ1v) is 5.41. The largest absolute Gasteiger partial charge is 0.469 e. The molecule has 1 atom stereocenters. The molecule has 0 aliphatic rings. The second-order valence-electron chi connectivity index (χ2n) is 4.08. The van der Waals surface area contributed by atoms with E-state index < -0.39 is 0 Å². The van der Waals surface area contributed by atoms with Crippen LogP contribution in [-0.2, 0) is 12.8 Å². The van der Waals surface area contributed by atoms with Crippen LogP contribution in [0.1, 0.15) is 18.2 Å². The maximum Gasteiger partial charge on any atom is 0.104 e. The van der Waals surface area contributed by atoms with Crippen LogP contribution in [0.15, 0.2) is 53.1 Å². The Hall–Kier alpha value is -1.50. The van der Waals surface area contributed by atoms with E-state index in [0.717, 1.165) is 18.6 Å². The number of hydrogen-bond acceptors (Lipinski definition) is 1. The van der Waals surface area contributed by atoms with Crippen LogP contribution in [0.2, 0.25) is 0 Å². The van der Waals surface area contributed by atoms with Gasteiger partial charge in [-0.05, 0) is 30.0 Å². The molecule has 0 fully saturated rings. The highest BCUT2D eigenvalue weighted by Gasteiger charge is 2.06. The van der Waals surface area contributed by atoms with Gasteiger partial charge in [-0.25, -0.2) is 0 Å². The predicted octanol–water partition coefficient (Wildman–Crippen LogP) is 3.70. The van der Waals surface area contributed by atoms with Crippen LogP contribution in [0.25, 0.3) is 0 Å². The van der Waals surface area contributed by atoms with E-state index in [0.29, 0.717) is 5.92 Å². The second kappa shape index (κ2) is 4.83. The molecule has 1 nitrogen and oxygen atoms in total. The monoisotopic (exact) mass is 200 g/mol. The Bertz CT molecular complexity index is 375. The van der Waals surface area contributed by atoms with E-state index in [9.17, 15) is 0 Å². The lowest BCUT2D eigenvalue weighted by atomic mass is 9.97. The van der Waals surface area contributed by atoms with Crippen LogP contribution in [0.3, 0.4) is 0 Å².